The molecule has 0 unspecified atom stereocenters. The van der Waals surface area contributed by atoms with Gasteiger partial charge in [0.2, 0.25) is 6.79 Å². The highest BCUT2D eigenvalue weighted by atomic mass is 16.7. The van der Waals surface area contributed by atoms with Gasteiger partial charge in [0, 0.05) is 23.1 Å². The molecule has 0 bridgehead atoms. The number of nitrogens with zero attached hydrogens (tertiary/aromatic N) is 1. The lowest BCUT2D eigenvalue weighted by Crippen LogP contribution is -2.09. The van der Waals surface area contributed by atoms with Crippen LogP contribution in [0.5, 0.6) is 5.75 Å². The van der Waals surface area contributed by atoms with Gasteiger partial charge in [0.1, 0.15) is 5.75 Å². The van der Waals surface area contributed by atoms with Crippen LogP contribution in [0.15, 0.2) is 146 Å². The van der Waals surface area contributed by atoms with Crippen LogP contribution >= 0.6 is 0 Å². The Balaban J connectivity index is 1.37. The molecular formula is C34H27NO3. The number of anilines is 3. The maximum Gasteiger partial charge on any atom is 0.333 e. The lowest BCUT2D eigenvalue weighted by atomic mass is 10.0. The van der Waals surface area contributed by atoms with E-state index in [1.807, 2.05) is 36.4 Å². The smallest absolute Gasteiger partial charge is 0.333 e. The number of ether oxygens (including phenoxy) is 2. The molecule has 0 spiro atoms. The van der Waals surface area contributed by atoms with Gasteiger partial charge in [-0.05, 0) is 70.8 Å². The van der Waals surface area contributed by atoms with Gasteiger partial charge < -0.3 is 14.4 Å². The number of benzene rings is 5. The third-order valence-electron chi connectivity index (χ3n) is 6.15. The van der Waals surface area contributed by atoms with E-state index in [4.69, 9.17) is 9.47 Å². The fourth-order valence-electron chi connectivity index (χ4n) is 4.22. The van der Waals surface area contributed by atoms with E-state index in [1.165, 1.54) is 11.1 Å². The van der Waals surface area contributed by atoms with Crippen molar-refractivity contribution in [2.75, 3.05) is 11.7 Å². The SMILES string of the molecule is C=CC(=O)OCOc1ccc(-c2ccc(N(c3ccccc3)c3ccc(-c4ccccc4)cc3)cc2)cc1. The van der Waals surface area contributed by atoms with Gasteiger partial charge in [-0.15, -0.1) is 0 Å². The van der Waals surface area contributed by atoms with Crippen LogP contribution in [0.4, 0.5) is 17.1 Å². The zero-order valence-corrected chi connectivity index (χ0v) is 20.9. The molecule has 38 heavy (non-hydrogen) atoms. The van der Waals surface area contributed by atoms with Crippen LogP contribution < -0.4 is 9.64 Å². The first-order chi connectivity index (χ1) is 18.7. The van der Waals surface area contributed by atoms with E-state index in [2.05, 4.69) is 109 Å². The van der Waals surface area contributed by atoms with Gasteiger partial charge >= 0.3 is 5.97 Å². The first-order valence-corrected chi connectivity index (χ1v) is 12.3. The van der Waals surface area contributed by atoms with Crippen molar-refractivity contribution in [3.8, 4) is 28.0 Å². The van der Waals surface area contributed by atoms with Crippen LogP contribution in [-0.4, -0.2) is 12.8 Å². The molecule has 5 rings (SSSR count). The summed E-state index contributed by atoms with van der Waals surface area (Å²) in [6, 6.07) is 45.6. The van der Waals surface area contributed by atoms with Crippen molar-refractivity contribution >= 4 is 23.0 Å². The Hall–Kier alpha value is -5.09. The van der Waals surface area contributed by atoms with E-state index in [9.17, 15) is 4.79 Å². The van der Waals surface area contributed by atoms with Gasteiger partial charge in [0.05, 0.1) is 0 Å². The van der Waals surface area contributed by atoms with Crippen LogP contribution in [0.3, 0.4) is 0 Å². The second kappa shape index (κ2) is 11.8. The number of carbonyl (C=O) groups excluding carboxylic acids is 1. The number of para-hydroxylation sites is 1. The number of hydrogen-bond donors (Lipinski definition) is 0. The van der Waals surface area contributed by atoms with Crippen molar-refractivity contribution in [3.63, 3.8) is 0 Å². The molecule has 0 radical (unpaired) electrons. The monoisotopic (exact) mass is 497 g/mol. The molecule has 0 aliphatic rings. The molecule has 0 aliphatic heterocycles. The molecule has 4 heteroatoms. The molecule has 4 nitrogen and oxygen atoms in total. The van der Waals surface area contributed by atoms with Crippen LogP contribution in [-0.2, 0) is 9.53 Å². The predicted molar refractivity (Wildman–Crippen MR) is 154 cm³/mol. The van der Waals surface area contributed by atoms with Gasteiger partial charge in [-0.2, -0.15) is 0 Å². The van der Waals surface area contributed by atoms with Crippen molar-refractivity contribution in [2.24, 2.45) is 0 Å². The lowest BCUT2D eigenvalue weighted by molar-refractivity contribution is -0.144. The van der Waals surface area contributed by atoms with Crippen molar-refractivity contribution in [1.29, 1.82) is 0 Å². The van der Waals surface area contributed by atoms with Crippen LogP contribution in [0.25, 0.3) is 22.3 Å². The molecular weight excluding hydrogens is 470 g/mol. The summed E-state index contributed by atoms with van der Waals surface area (Å²) in [5.74, 6) is 0.106. The molecule has 0 atom stereocenters. The Morgan fingerprint density at radius 3 is 1.50 bits per heavy atom. The third kappa shape index (κ3) is 5.82. The Kier molecular flexibility index (Phi) is 7.61. The van der Waals surface area contributed by atoms with E-state index in [0.29, 0.717) is 5.75 Å². The summed E-state index contributed by atoms with van der Waals surface area (Å²) >= 11 is 0. The largest absolute Gasteiger partial charge is 0.457 e. The molecule has 0 fully saturated rings. The topological polar surface area (TPSA) is 38.8 Å². The zero-order chi connectivity index (χ0) is 26.2. The minimum absolute atomic E-state index is 0.152. The van der Waals surface area contributed by atoms with Crippen molar-refractivity contribution in [2.45, 2.75) is 0 Å². The first kappa shape index (κ1) is 24.6. The van der Waals surface area contributed by atoms with Gasteiger partial charge in [-0.25, -0.2) is 4.79 Å². The van der Waals surface area contributed by atoms with E-state index < -0.39 is 5.97 Å². The van der Waals surface area contributed by atoms with E-state index in [0.717, 1.165) is 34.3 Å². The molecule has 0 saturated carbocycles. The van der Waals surface area contributed by atoms with Gasteiger partial charge in [-0.1, -0.05) is 91.5 Å². The summed E-state index contributed by atoms with van der Waals surface area (Å²) in [4.78, 5) is 13.4. The van der Waals surface area contributed by atoms with Crippen molar-refractivity contribution in [1.82, 2.24) is 0 Å². The summed E-state index contributed by atoms with van der Waals surface area (Å²) < 4.78 is 10.3. The third-order valence-corrected chi connectivity index (χ3v) is 6.15. The Morgan fingerprint density at radius 1 is 0.579 bits per heavy atom. The van der Waals surface area contributed by atoms with E-state index in [1.54, 1.807) is 0 Å². The average Bonchev–Trinajstić information content (AvgIpc) is 2.99. The van der Waals surface area contributed by atoms with E-state index >= 15 is 0 Å². The Bertz CT molecular complexity index is 1480. The summed E-state index contributed by atoms with van der Waals surface area (Å²) in [6.45, 7) is 3.21. The number of carbonyl (C=O) groups is 1. The summed E-state index contributed by atoms with van der Waals surface area (Å²) in [5.41, 5.74) is 7.77. The van der Waals surface area contributed by atoms with Gasteiger partial charge in [0.25, 0.3) is 0 Å². The molecule has 0 aliphatic carbocycles. The minimum Gasteiger partial charge on any atom is -0.457 e. The number of hydrogen-bond acceptors (Lipinski definition) is 4. The van der Waals surface area contributed by atoms with Crippen LogP contribution in [0.1, 0.15) is 0 Å². The standard InChI is InChI=1S/C34H27NO3/c1-2-34(36)38-25-37-33-23-17-29(18-24-33)28-15-21-32(22-16-28)35(30-11-7-4-8-12-30)31-19-13-27(14-20-31)26-9-5-3-6-10-26/h2-24H,1,25H2. The predicted octanol–water partition coefficient (Wildman–Crippen LogP) is 8.56. The number of esters is 1. The highest BCUT2D eigenvalue weighted by Crippen LogP contribution is 2.36. The maximum absolute atomic E-state index is 11.1. The molecule has 0 heterocycles. The molecule has 5 aromatic rings. The summed E-state index contributed by atoms with van der Waals surface area (Å²) in [6.07, 6.45) is 1.11. The first-order valence-electron chi connectivity index (χ1n) is 12.3. The minimum atomic E-state index is -0.515. The van der Waals surface area contributed by atoms with Crippen molar-refractivity contribution < 1.29 is 14.3 Å². The zero-order valence-electron chi connectivity index (χ0n) is 20.9. The Morgan fingerprint density at radius 2 is 1.00 bits per heavy atom. The lowest BCUT2D eigenvalue weighted by Gasteiger charge is -2.26. The summed E-state index contributed by atoms with van der Waals surface area (Å²) in [7, 11) is 0. The normalized spacial score (nSPS) is 10.4. The van der Waals surface area contributed by atoms with E-state index in [-0.39, 0.29) is 6.79 Å². The maximum atomic E-state index is 11.1. The molecule has 0 amide bonds. The second-order valence-corrected chi connectivity index (χ2v) is 8.58. The fraction of sp³-hybridized carbons (Fsp3) is 0.0294. The van der Waals surface area contributed by atoms with Crippen LogP contribution in [0, 0.1) is 0 Å². The van der Waals surface area contributed by atoms with Gasteiger partial charge in [-0.3, -0.25) is 0 Å². The van der Waals surface area contributed by atoms with Crippen LogP contribution in [0.2, 0.25) is 0 Å². The highest BCUT2D eigenvalue weighted by molar-refractivity contribution is 5.81. The Labute approximate surface area is 223 Å². The molecule has 0 saturated heterocycles. The van der Waals surface area contributed by atoms with Gasteiger partial charge in [0.15, 0.2) is 0 Å². The number of rotatable bonds is 9. The second-order valence-electron chi connectivity index (χ2n) is 8.58. The average molecular weight is 498 g/mol. The molecule has 5 aromatic carbocycles. The highest BCUT2D eigenvalue weighted by Gasteiger charge is 2.13. The fourth-order valence-corrected chi connectivity index (χ4v) is 4.22. The van der Waals surface area contributed by atoms with Crippen molar-refractivity contribution in [3.05, 3.63) is 146 Å². The molecule has 0 aromatic heterocycles. The molecule has 186 valence electrons. The molecule has 0 N–H and O–H groups in total. The summed E-state index contributed by atoms with van der Waals surface area (Å²) in [5, 5.41) is 0. The quantitative estimate of drug-likeness (QED) is 0.116.